The minimum Gasteiger partial charge on any atom is -0.464 e. The molecule has 1 atom stereocenters. The van der Waals surface area contributed by atoms with Gasteiger partial charge in [0.25, 0.3) is 5.91 Å². The Hall–Kier alpha value is -2.76. The van der Waals surface area contributed by atoms with Gasteiger partial charge in [-0.25, -0.2) is 22.9 Å². The van der Waals surface area contributed by atoms with Gasteiger partial charge in [-0.15, -0.1) is 0 Å². The summed E-state index contributed by atoms with van der Waals surface area (Å²) >= 11 is 0. The maximum Gasteiger partial charge on any atom is 0.328 e. The van der Waals surface area contributed by atoms with Gasteiger partial charge in [0.1, 0.15) is 12.3 Å². The first kappa shape index (κ1) is 25.5. The fraction of sp³-hybridized carbons (Fsp3) is 0.476. The monoisotopic (exact) mass is 466 g/mol. The van der Waals surface area contributed by atoms with E-state index in [-0.39, 0.29) is 30.2 Å². The van der Waals surface area contributed by atoms with Crippen LogP contribution in [0.3, 0.4) is 0 Å². The molecule has 0 aliphatic rings. The van der Waals surface area contributed by atoms with Crippen LogP contribution in [0.5, 0.6) is 0 Å². The molecule has 1 aromatic carbocycles. The van der Waals surface area contributed by atoms with Crippen LogP contribution in [0.2, 0.25) is 0 Å². The SMILES string of the molecule is CCOC(=O)C(CCCCNS(=O)(=O)c1ccc(C)cc1)NC(=O)c1coc(CNC)n1. The highest BCUT2D eigenvalue weighted by molar-refractivity contribution is 7.89. The van der Waals surface area contributed by atoms with Crippen molar-refractivity contribution >= 4 is 21.9 Å². The predicted octanol–water partition coefficient (Wildman–Crippen LogP) is 1.51. The summed E-state index contributed by atoms with van der Waals surface area (Å²) in [5, 5.41) is 5.48. The highest BCUT2D eigenvalue weighted by Gasteiger charge is 2.24. The Labute approximate surface area is 188 Å². The Morgan fingerprint density at radius 3 is 2.56 bits per heavy atom. The quantitative estimate of drug-likeness (QED) is 0.298. The summed E-state index contributed by atoms with van der Waals surface area (Å²) in [4.78, 5) is 28.9. The van der Waals surface area contributed by atoms with Crippen LogP contribution in [0.4, 0.5) is 0 Å². The summed E-state index contributed by atoms with van der Waals surface area (Å²) in [6.45, 7) is 4.31. The summed E-state index contributed by atoms with van der Waals surface area (Å²) in [5.41, 5.74) is 1.04. The van der Waals surface area contributed by atoms with Crippen LogP contribution < -0.4 is 15.4 Å². The smallest absolute Gasteiger partial charge is 0.328 e. The largest absolute Gasteiger partial charge is 0.464 e. The predicted molar refractivity (Wildman–Crippen MR) is 117 cm³/mol. The summed E-state index contributed by atoms with van der Waals surface area (Å²) in [6.07, 6.45) is 2.49. The van der Waals surface area contributed by atoms with Crippen molar-refractivity contribution in [1.82, 2.24) is 20.3 Å². The maximum atomic E-state index is 12.4. The van der Waals surface area contributed by atoms with Crippen LogP contribution in [0.25, 0.3) is 0 Å². The van der Waals surface area contributed by atoms with E-state index in [1.165, 1.54) is 6.26 Å². The lowest BCUT2D eigenvalue weighted by molar-refractivity contribution is -0.145. The number of benzene rings is 1. The normalized spacial score (nSPS) is 12.3. The van der Waals surface area contributed by atoms with E-state index < -0.39 is 27.9 Å². The van der Waals surface area contributed by atoms with E-state index in [1.54, 1.807) is 38.2 Å². The van der Waals surface area contributed by atoms with E-state index in [0.717, 1.165) is 5.56 Å². The molecule has 0 fully saturated rings. The van der Waals surface area contributed by atoms with Crippen molar-refractivity contribution in [1.29, 1.82) is 0 Å². The number of sulfonamides is 1. The second-order valence-corrected chi connectivity index (χ2v) is 8.91. The minimum absolute atomic E-state index is 0.0652. The van der Waals surface area contributed by atoms with Crippen molar-refractivity contribution in [2.75, 3.05) is 20.2 Å². The fourth-order valence-electron chi connectivity index (χ4n) is 2.85. The zero-order valence-electron chi connectivity index (χ0n) is 18.5. The number of amides is 1. The van der Waals surface area contributed by atoms with Gasteiger partial charge >= 0.3 is 5.97 Å². The number of hydrogen-bond acceptors (Lipinski definition) is 8. The van der Waals surface area contributed by atoms with Gasteiger partial charge in [0.05, 0.1) is 18.0 Å². The number of esters is 1. The highest BCUT2D eigenvalue weighted by atomic mass is 32.2. The molecule has 0 radical (unpaired) electrons. The Bertz CT molecular complexity index is 988. The average molecular weight is 467 g/mol. The minimum atomic E-state index is -3.60. The number of unbranched alkanes of at least 4 members (excludes halogenated alkanes) is 1. The van der Waals surface area contributed by atoms with E-state index in [2.05, 4.69) is 20.3 Å². The second kappa shape index (κ2) is 12.3. The lowest BCUT2D eigenvalue weighted by atomic mass is 10.1. The van der Waals surface area contributed by atoms with Gasteiger partial charge in [0, 0.05) is 6.54 Å². The third-order valence-corrected chi connectivity index (χ3v) is 6.01. The molecular weight excluding hydrogens is 436 g/mol. The molecule has 0 aliphatic heterocycles. The number of oxazole rings is 1. The third-order valence-electron chi connectivity index (χ3n) is 4.53. The molecule has 1 heterocycles. The fourth-order valence-corrected chi connectivity index (χ4v) is 3.93. The summed E-state index contributed by atoms with van der Waals surface area (Å²) < 4.78 is 37.4. The molecule has 3 N–H and O–H groups in total. The standard InChI is InChI=1S/C21H30N4O6S/c1-4-30-21(27)17(25-20(26)18-14-31-19(24-18)13-22-3)7-5-6-12-23-32(28,29)16-10-8-15(2)9-11-16/h8-11,14,17,22-23H,4-7,12-13H2,1-3H3,(H,25,26). The zero-order valence-corrected chi connectivity index (χ0v) is 19.3. The molecule has 32 heavy (non-hydrogen) atoms. The number of rotatable bonds is 13. The van der Waals surface area contributed by atoms with Crippen LogP contribution in [0.15, 0.2) is 39.8 Å². The van der Waals surface area contributed by atoms with Gasteiger partial charge in [-0.05, 0) is 52.3 Å². The number of nitrogens with zero attached hydrogens (tertiary/aromatic N) is 1. The molecule has 1 aromatic heterocycles. The first-order chi connectivity index (χ1) is 15.3. The average Bonchev–Trinajstić information content (AvgIpc) is 3.22. The summed E-state index contributed by atoms with van der Waals surface area (Å²) in [6, 6.07) is 5.70. The molecule has 2 aromatic rings. The molecule has 1 unspecified atom stereocenters. The van der Waals surface area contributed by atoms with Gasteiger partial charge in [-0.2, -0.15) is 0 Å². The van der Waals surface area contributed by atoms with Crippen molar-refractivity contribution in [3.05, 3.63) is 47.7 Å². The van der Waals surface area contributed by atoms with E-state index in [9.17, 15) is 18.0 Å². The Morgan fingerprint density at radius 1 is 1.19 bits per heavy atom. The molecule has 11 heteroatoms. The molecule has 10 nitrogen and oxygen atoms in total. The van der Waals surface area contributed by atoms with E-state index in [0.29, 0.717) is 25.3 Å². The summed E-state index contributed by atoms with van der Waals surface area (Å²) in [7, 11) is -1.87. The van der Waals surface area contributed by atoms with E-state index >= 15 is 0 Å². The first-order valence-electron chi connectivity index (χ1n) is 10.4. The molecule has 0 aliphatic carbocycles. The van der Waals surface area contributed by atoms with Crippen LogP contribution >= 0.6 is 0 Å². The van der Waals surface area contributed by atoms with Crippen LogP contribution in [0.1, 0.15) is 48.1 Å². The van der Waals surface area contributed by atoms with Gasteiger partial charge in [0.2, 0.25) is 15.9 Å². The second-order valence-electron chi connectivity index (χ2n) is 7.14. The number of aromatic nitrogens is 1. The topological polar surface area (TPSA) is 140 Å². The third kappa shape index (κ3) is 7.74. The lowest BCUT2D eigenvalue weighted by Gasteiger charge is -2.16. The molecule has 1 amide bonds. The van der Waals surface area contributed by atoms with Crippen molar-refractivity contribution < 1.29 is 27.2 Å². The molecular formula is C21H30N4O6S. The van der Waals surface area contributed by atoms with Gasteiger partial charge < -0.3 is 19.8 Å². The molecule has 0 bridgehead atoms. The van der Waals surface area contributed by atoms with Gasteiger partial charge in [0.15, 0.2) is 5.69 Å². The van der Waals surface area contributed by atoms with Crippen LogP contribution in [0, 0.1) is 6.92 Å². The number of aryl methyl sites for hydroxylation is 1. The number of carbonyl (C=O) groups excluding carboxylic acids is 2. The van der Waals surface area contributed by atoms with Gasteiger partial charge in [-0.1, -0.05) is 17.7 Å². The lowest BCUT2D eigenvalue weighted by Crippen LogP contribution is -2.42. The molecule has 0 spiro atoms. The molecule has 176 valence electrons. The summed E-state index contributed by atoms with van der Waals surface area (Å²) in [5.74, 6) is -0.750. The molecule has 0 saturated heterocycles. The van der Waals surface area contributed by atoms with E-state index in [4.69, 9.17) is 9.15 Å². The molecule has 0 saturated carbocycles. The Balaban J connectivity index is 1.86. The Kier molecular flexibility index (Phi) is 9.82. The van der Waals surface area contributed by atoms with Crippen molar-refractivity contribution in [2.24, 2.45) is 0 Å². The van der Waals surface area contributed by atoms with E-state index in [1.807, 2.05) is 6.92 Å². The molecule has 2 rings (SSSR count). The maximum absolute atomic E-state index is 12.4. The number of ether oxygens (including phenoxy) is 1. The number of nitrogens with one attached hydrogen (secondary N) is 3. The zero-order chi connectivity index (χ0) is 23.6. The highest BCUT2D eigenvalue weighted by Crippen LogP contribution is 2.11. The Morgan fingerprint density at radius 2 is 1.91 bits per heavy atom. The van der Waals surface area contributed by atoms with Crippen molar-refractivity contribution in [3.63, 3.8) is 0 Å². The van der Waals surface area contributed by atoms with Gasteiger partial charge in [-0.3, -0.25) is 4.79 Å². The van der Waals surface area contributed by atoms with Crippen molar-refractivity contribution in [2.45, 2.75) is 50.6 Å². The first-order valence-corrected chi connectivity index (χ1v) is 11.9. The van der Waals surface area contributed by atoms with Crippen molar-refractivity contribution in [3.8, 4) is 0 Å². The number of hydrogen-bond donors (Lipinski definition) is 3. The number of carbonyl (C=O) groups is 2. The van der Waals surface area contributed by atoms with Crippen LogP contribution in [-0.2, 0) is 26.1 Å². The van der Waals surface area contributed by atoms with Crippen LogP contribution in [-0.4, -0.2) is 51.5 Å².